The summed E-state index contributed by atoms with van der Waals surface area (Å²) in [6.45, 7) is 3.09. The zero-order chi connectivity index (χ0) is 7.40. The van der Waals surface area contributed by atoms with E-state index in [1.807, 2.05) is 29.0 Å². The molecular weight excluding hydrogens is 126 g/mol. The minimum atomic E-state index is 0.120. The predicted molar refractivity (Wildman–Crippen MR) is 38.2 cm³/mol. The van der Waals surface area contributed by atoms with Gasteiger partial charge >= 0.3 is 0 Å². The molecule has 0 atom stereocenters. The maximum Gasteiger partial charge on any atom is 0.206 e. The van der Waals surface area contributed by atoms with Crippen LogP contribution in [0.3, 0.4) is 0 Å². The summed E-state index contributed by atoms with van der Waals surface area (Å²) in [4.78, 5) is 0. The lowest BCUT2D eigenvalue weighted by Crippen LogP contribution is -2.36. The Labute approximate surface area is 60.8 Å². The lowest BCUT2D eigenvalue weighted by Gasteiger charge is -1.95. The summed E-state index contributed by atoms with van der Waals surface area (Å²) in [5.74, 6) is 0. The Hall–Kier alpha value is -0.890. The van der Waals surface area contributed by atoms with Gasteiger partial charge < -0.3 is 5.11 Å². The zero-order valence-corrected chi connectivity index (χ0v) is 6.12. The van der Waals surface area contributed by atoms with E-state index in [0.29, 0.717) is 0 Å². The fraction of sp³-hybridized carbons (Fsp3) is 0.375. The molecular formula is C8H12NO+. The van der Waals surface area contributed by atoms with E-state index in [-0.39, 0.29) is 6.61 Å². The van der Waals surface area contributed by atoms with Gasteiger partial charge in [-0.15, -0.1) is 0 Å². The summed E-state index contributed by atoms with van der Waals surface area (Å²) in [5.41, 5.74) is 0.963. The summed E-state index contributed by atoms with van der Waals surface area (Å²) in [6.07, 6.45) is 1.96. The first-order valence-corrected chi connectivity index (χ1v) is 3.46. The topological polar surface area (TPSA) is 24.1 Å². The van der Waals surface area contributed by atoms with Gasteiger partial charge in [-0.05, 0) is 6.92 Å². The molecule has 0 bridgehead atoms. The Morgan fingerprint density at radius 2 is 2.30 bits per heavy atom. The number of nitrogens with zero attached hydrogens (tertiary/aromatic N) is 1. The molecule has 10 heavy (non-hydrogen) atoms. The predicted octanol–water partition coefficient (Wildman–Crippen LogP) is 0.486. The number of hydrogen-bond donors (Lipinski definition) is 1. The molecule has 1 rings (SSSR count). The van der Waals surface area contributed by atoms with Gasteiger partial charge in [0.15, 0.2) is 6.20 Å². The Balaban J connectivity index is 2.96. The average molecular weight is 138 g/mol. The third-order valence-electron chi connectivity index (χ3n) is 1.54. The van der Waals surface area contributed by atoms with Gasteiger partial charge in [0.05, 0.1) is 0 Å². The van der Waals surface area contributed by atoms with Crippen molar-refractivity contribution in [2.45, 2.75) is 20.1 Å². The van der Waals surface area contributed by atoms with Gasteiger partial charge in [-0.25, -0.2) is 4.57 Å². The van der Waals surface area contributed by atoms with Gasteiger partial charge in [0.2, 0.25) is 5.69 Å². The summed E-state index contributed by atoms with van der Waals surface area (Å²) in [6, 6.07) is 5.81. The summed E-state index contributed by atoms with van der Waals surface area (Å²) >= 11 is 0. The van der Waals surface area contributed by atoms with E-state index >= 15 is 0 Å². The molecule has 2 heteroatoms. The van der Waals surface area contributed by atoms with E-state index < -0.39 is 0 Å². The summed E-state index contributed by atoms with van der Waals surface area (Å²) < 4.78 is 2.01. The van der Waals surface area contributed by atoms with Crippen LogP contribution < -0.4 is 4.57 Å². The van der Waals surface area contributed by atoms with Gasteiger partial charge in [0.1, 0.15) is 13.2 Å². The van der Waals surface area contributed by atoms with Crippen LogP contribution in [0.15, 0.2) is 24.4 Å². The molecule has 1 N–H and O–H groups in total. The molecule has 0 aromatic carbocycles. The van der Waals surface area contributed by atoms with Crippen molar-refractivity contribution in [2.24, 2.45) is 0 Å². The highest BCUT2D eigenvalue weighted by Crippen LogP contribution is 1.89. The highest BCUT2D eigenvalue weighted by molar-refractivity contribution is 4.95. The Morgan fingerprint density at radius 3 is 2.80 bits per heavy atom. The van der Waals surface area contributed by atoms with Crippen molar-refractivity contribution in [1.29, 1.82) is 0 Å². The summed E-state index contributed by atoms with van der Waals surface area (Å²) in [7, 11) is 0. The molecule has 1 aromatic heterocycles. The van der Waals surface area contributed by atoms with Crippen LogP contribution >= 0.6 is 0 Å². The molecule has 0 saturated carbocycles. The second-order valence-electron chi connectivity index (χ2n) is 2.14. The lowest BCUT2D eigenvalue weighted by molar-refractivity contribution is -0.702. The van der Waals surface area contributed by atoms with E-state index in [0.717, 1.165) is 12.2 Å². The van der Waals surface area contributed by atoms with Crippen LogP contribution in [0.2, 0.25) is 0 Å². The molecule has 1 heterocycles. The molecule has 0 unspecified atom stereocenters. The smallest absolute Gasteiger partial charge is 0.206 e. The monoisotopic (exact) mass is 138 g/mol. The fourth-order valence-electron chi connectivity index (χ4n) is 0.964. The maximum absolute atomic E-state index is 8.83. The van der Waals surface area contributed by atoms with Crippen LogP contribution in [0.4, 0.5) is 0 Å². The minimum Gasteiger partial charge on any atom is -0.385 e. The van der Waals surface area contributed by atoms with E-state index in [1.54, 1.807) is 0 Å². The van der Waals surface area contributed by atoms with Gasteiger partial charge in [-0.2, -0.15) is 0 Å². The molecule has 0 fully saturated rings. The molecule has 0 saturated heterocycles. The molecule has 2 nitrogen and oxygen atoms in total. The Morgan fingerprint density at radius 1 is 1.50 bits per heavy atom. The zero-order valence-electron chi connectivity index (χ0n) is 6.12. The van der Waals surface area contributed by atoms with E-state index in [4.69, 9.17) is 5.11 Å². The van der Waals surface area contributed by atoms with Crippen LogP contribution in [0, 0.1) is 0 Å². The molecule has 1 aromatic rings. The first-order chi connectivity index (χ1) is 4.88. The van der Waals surface area contributed by atoms with Crippen molar-refractivity contribution in [3.63, 3.8) is 0 Å². The molecule has 0 amide bonds. The molecule has 0 radical (unpaired) electrons. The van der Waals surface area contributed by atoms with E-state index in [2.05, 4.69) is 6.92 Å². The van der Waals surface area contributed by atoms with Crippen LogP contribution in [-0.2, 0) is 13.2 Å². The number of pyridine rings is 1. The first kappa shape index (κ1) is 7.22. The number of aliphatic hydroxyl groups excluding tert-OH is 1. The van der Waals surface area contributed by atoms with Crippen LogP contribution in [0.5, 0.6) is 0 Å². The highest BCUT2D eigenvalue weighted by atomic mass is 16.3. The van der Waals surface area contributed by atoms with Crippen LogP contribution in [-0.4, -0.2) is 5.11 Å². The minimum absolute atomic E-state index is 0.120. The van der Waals surface area contributed by atoms with Crippen molar-refractivity contribution in [2.75, 3.05) is 0 Å². The van der Waals surface area contributed by atoms with Crippen molar-refractivity contribution in [3.8, 4) is 0 Å². The fourth-order valence-corrected chi connectivity index (χ4v) is 0.964. The Kier molecular flexibility index (Phi) is 2.40. The van der Waals surface area contributed by atoms with Gasteiger partial charge in [-0.3, -0.25) is 0 Å². The van der Waals surface area contributed by atoms with E-state index in [9.17, 15) is 0 Å². The normalized spacial score (nSPS) is 9.80. The SMILES string of the molecule is CC[n+]1ccccc1CO. The van der Waals surface area contributed by atoms with Gasteiger partial charge in [0, 0.05) is 12.1 Å². The number of aliphatic hydroxyl groups is 1. The van der Waals surface area contributed by atoms with Crippen molar-refractivity contribution >= 4 is 0 Å². The van der Waals surface area contributed by atoms with Gasteiger partial charge in [0.25, 0.3) is 0 Å². The van der Waals surface area contributed by atoms with Crippen LogP contribution in [0.25, 0.3) is 0 Å². The third kappa shape index (κ3) is 1.33. The van der Waals surface area contributed by atoms with E-state index in [1.165, 1.54) is 0 Å². The number of aromatic nitrogens is 1. The van der Waals surface area contributed by atoms with Crippen molar-refractivity contribution in [1.82, 2.24) is 0 Å². The summed E-state index contributed by atoms with van der Waals surface area (Å²) in [5, 5.41) is 8.83. The average Bonchev–Trinajstić information content (AvgIpc) is 2.04. The Bertz CT molecular complexity index is 187. The van der Waals surface area contributed by atoms with Crippen molar-refractivity contribution < 1.29 is 9.67 Å². The standard InChI is InChI=1S/C8H12NO/c1-2-9-6-4-3-5-8(9)7-10/h3-6,10H,2,7H2,1H3/q+1. The molecule has 0 aliphatic heterocycles. The lowest BCUT2D eigenvalue weighted by atomic mass is 10.3. The largest absolute Gasteiger partial charge is 0.385 e. The van der Waals surface area contributed by atoms with Crippen molar-refractivity contribution in [3.05, 3.63) is 30.1 Å². The number of hydrogen-bond acceptors (Lipinski definition) is 1. The van der Waals surface area contributed by atoms with Crippen LogP contribution in [0.1, 0.15) is 12.6 Å². The number of rotatable bonds is 2. The molecule has 0 aliphatic carbocycles. The number of aryl methyl sites for hydroxylation is 1. The second-order valence-corrected chi connectivity index (χ2v) is 2.14. The molecule has 0 aliphatic rings. The molecule has 54 valence electrons. The molecule has 0 spiro atoms. The second kappa shape index (κ2) is 3.32. The third-order valence-corrected chi connectivity index (χ3v) is 1.54. The van der Waals surface area contributed by atoms with Gasteiger partial charge in [-0.1, -0.05) is 6.07 Å². The maximum atomic E-state index is 8.83. The highest BCUT2D eigenvalue weighted by Gasteiger charge is 2.02. The quantitative estimate of drug-likeness (QED) is 0.591. The first-order valence-electron chi connectivity index (χ1n) is 3.46.